The van der Waals surface area contributed by atoms with Gasteiger partial charge in [0, 0.05) is 55.3 Å². The van der Waals surface area contributed by atoms with Crippen LogP contribution in [0.15, 0.2) is 123 Å². The van der Waals surface area contributed by atoms with E-state index >= 15 is 0 Å². The van der Waals surface area contributed by atoms with Crippen molar-refractivity contribution in [1.82, 2.24) is 30.2 Å². The van der Waals surface area contributed by atoms with Gasteiger partial charge in [-0.05, 0) is 123 Å². The predicted molar refractivity (Wildman–Crippen MR) is 243 cm³/mol. The zero-order valence-electron chi connectivity index (χ0n) is 33.6. The molecule has 2 aliphatic heterocycles. The van der Waals surface area contributed by atoms with Crippen molar-refractivity contribution in [3.8, 4) is 0 Å². The molecule has 16 heteroatoms. The Kier molecular flexibility index (Phi) is 18.0. The van der Waals surface area contributed by atoms with Crippen LogP contribution < -0.4 is 16.0 Å². The fourth-order valence-electron chi connectivity index (χ4n) is 6.86. The lowest BCUT2D eigenvalue weighted by Gasteiger charge is -2.17. The third kappa shape index (κ3) is 13.5. The van der Waals surface area contributed by atoms with Gasteiger partial charge in [0.05, 0.1) is 27.4 Å². The zero-order valence-corrected chi connectivity index (χ0v) is 34.4. The van der Waals surface area contributed by atoms with E-state index in [0.717, 1.165) is 37.8 Å². The van der Waals surface area contributed by atoms with Crippen molar-refractivity contribution >= 4 is 69.3 Å². The van der Waals surface area contributed by atoms with E-state index in [-0.39, 0.29) is 60.7 Å². The molecule has 0 aliphatic carbocycles. The maximum absolute atomic E-state index is 13.8. The fourth-order valence-corrected chi connectivity index (χ4v) is 6.86. The fraction of sp³-hybridized carbons (Fsp3) is 0.234. The highest BCUT2D eigenvalue weighted by Crippen LogP contribution is 2.24. The van der Waals surface area contributed by atoms with E-state index in [2.05, 4.69) is 49.0 Å². The monoisotopic (exact) mass is 878 g/mol. The summed E-state index contributed by atoms with van der Waals surface area (Å²) in [7, 11) is 0. The van der Waals surface area contributed by atoms with Crippen LogP contribution in [0.1, 0.15) is 52.6 Å². The maximum atomic E-state index is 13.8. The summed E-state index contributed by atoms with van der Waals surface area (Å²) < 4.78 is 27.2. The van der Waals surface area contributed by atoms with E-state index in [1.165, 1.54) is 55.1 Å². The molecule has 0 unspecified atom stereocenters. The summed E-state index contributed by atoms with van der Waals surface area (Å²) in [4.78, 5) is 64.8. The van der Waals surface area contributed by atoms with Crippen molar-refractivity contribution in [2.75, 3.05) is 36.8 Å². The number of amides is 3. The van der Waals surface area contributed by atoms with Gasteiger partial charge in [0.2, 0.25) is 11.8 Å². The summed E-state index contributed by atoms with van der Waals surface area (Å²) in [5, 5.41) is 18.0. The second-order valence-electron chi connectivity index (χ2n) is 14.4. The molecule has 6 aromatic rings. The zero-order chi connectivity index (χ0) is 43.3. The van der Waals surface area contributed by atoms with Crippen molar-refractivity contribution in [3.63, 3.8) is 0 Å². The number of aromatic nitrogens is 4. The number of nitrogens with one attached hydrogen (secondary N) is 3. The van der Waals surface area contributed by atoms with E-state index in [9.17, 15) is 28.0 Å². The highest BCUT2D eigenvalue weighted by molar-refractivity contribution is 6.00. The Morgan fingerprint density at radius 2 is 1.22 bits per heavy atom. The molecule has 0 saturated carbocycles. The number of fused-ring (bicyclic) bond motifs is 2. The molecule has 63 heavy (non-hydrogen) atoms. The highest BCUT2D eigenvalue weighted by atomic mass is 35.5. The van der Waals surface area contributed by atoms with Crippen LogP contribution in [0, 0.1) is 23.5 Å². The Hall–Kier alpha value is -6.97. The lowest BCUT2D eigenvalue weighted by molar-refractivity contribution is -0.112. The van der Waals surface area contributed by atoms with E-state index in [0.29, 0.717) is 70.0 Å². The third-order valence-electron chi connectivity index (χ3n) is 10.1. The van der Waals surface area contributed by atoms with Gasteiger partial charge in [-0.2, -0.15) is 0 Å². The number of anilines is 2. The van der Waals surface area contributed by atoms with Crippen LogP contribution in [0.25, 0.3) is 21.8 Å². The average Bonchev–Trinajstić information content (AvgIpc) is 3.97. The molecule has 3 amide bonds. The van der Waals surface area contributed by atoms with Crippen molar-refractivity contribution in [1.29, 1.82) is 0 Å². The minimum Gasteiger partial charge on any atom is -0.478 e. The molecule has 4 heterocycles. The number of rotatable bonds is 10. The lowest BCUT2D eigenvalue weighted by Crippen LogP contribution is -2.29. The largest absolute Gasteiger partial charge is 0.478 e. The molecule has 2 fully saturated rings. The van der Waals surface area contributed by atoms with Gasteiger partial charge in [-0.15, -0.1) is 12.4 Å². The second-order valence-corrected chi connectivity index (χ2v) is 14.4. The first-order valence-electron chi connectivity index (χ1n) is 19.6. The van der Waals surface area contributed by atoms with Crippen molar-refractivity contribution < 1.29 is 33.1 Å². The van der Waals surface area contributed by atoms with Gasteiger partial charge < -0.3 is 26.0 Å². The minimum atomic E-state index is -0.994. The molecule has 4 N–H and O–H groups in total. The number of aromatic carboxylic acids is 1. The van der Waals surface area contributed by atoms with Crippen molar-refractivity contribution in [2.45, 2.75) is 33.1 Å². The number of likely N-dealkylation sites (tertiary alicyclic amines) is 1. The topological polar surface area (TPSA) is 179 Å². The Balaban J connectivity index is 0.000000224. The van der Waals surface area contributed by atoms with Crippen molar-refractivity contribution in [3.05, 3.63) is 157 Å². The molecule has 13 nitrogen and oxygen atoms in total. The summed E-state index contributed by atoms with van der Waals surface area (Å²) in [6.07, 6.45) is 9.01. The van der Waals surface area contributed by atoms with Crippen LogP contribution in [0.3, 0.4) is 0 Å². The highest BCUT2D eigenvalue weighted by Gasteiger charge is 2.28. The number of hydrogen-bond donors (Lipinski definition) is 4. The molecule has 2 aromatic heterocycles. The SMILES string of the molecule is C.C=CC(=O)Nc1ccc(C(=O)N2CC[C@@H](Cc3ncc4c(F)cccc4n3)C2)cc1.C=CC(=O)Nc1ccc(C(=O)O)cc1.Cl.Fc1cccc2nc(C[C@@H]3CCNC3)ncc12. The van der Waals surface area contributed by atoms with Crippen LogP contribution >= 0.6 is 12.4 Å². The Morgan fingerprint density at radius 1 is 0.730 bits per heavy atom. The summed E-state index contributed by atoms with van der Waals surface area (Å²) in [6.45, 7) is 10.1. The van der Waals surface area contributed by atoms with E-state index < -0.39 is 5.97 Å². The van der Waals surface area contributed by atoms with E-state index in [4.69, 9.17) is 5.11 Å². The first-order chi connectivity index (χ1) is 29.5. The Bertz CT molecular complexity index is 2560. The molecule has 0 bridgehead atoms. The number of halogens is 3. The molecule has 8 rings (SSSR count). The summed E-state index contributed by atoms with van der Waals surface area (Å²) >= 11 is 0. The summed E-state index contributed by atoms with van der Waals surface area (Å²) in [5.74, 6) is 0.109. The maximum Gasteiger partial charge on any atom is 0.335 e. The average molecular weight is 879 g/mol. The Labute approximate surface area is 370 Å². The third-order valence-corrected chi connectivity index (χ3v) is 10.1. The number of carboxylic acid groups (broad SMARTS) is 1. The van der Waals surface area contributed by atoms with Gasteiger partial charge >= 0.3 is 5.97 Å². The van der Waals surface area contributed by atoms with Crippen LogP contribution in [0.5, 0.6) is 0 Å². The molecule has 0 radical (unpaired) electrons. The van der Waals surface area contributed by atoms with E-state index in [1.807, 2.05) is 11.0 Å². The molecule has 0 spiro atoms. The molecule has 4 aromatic carbocycles. The standard InChI is InChI=1S/C23H21FN4O2.C13H14FN3.C10H9NO3.CH4.ClH/c1-2-22(29)26-17-8-6-16(7-9-17)23(30)28-11-10-15(14-28)12-21-25-13-18-19(24)4-3-5-20(18)27-21;14-11-2-1-3-12-10(11)8-16-13(17-12)6-9-4-5-15-7-9;1-2-9(12)11-8-5-3-7(4-6-8)10(13)14;;/h2-9,13,15H,1,10-12,14H2,(H,26,29);1-3,8-9,15H,4-7H2;2-6H,1H2,(H,11,12)(H,13,14);1H4;1H/t15-;9-;;;/m00.../s1. The number of benzene rings is 4. The van der Waals surface area contributed by atoms with Gasteiger partial charge in [0.15, 0.2) is 0 Å². The number of hydrogen-bond acceptors (Lipinski definition) is 9. The van der Waals surface area contributed by atoms with Gasteiger partial charge in [-0.3, -0.25) is 14.4 Å². The smallest absolute Gasteiger partial charge is 0.335 e. The van der Waals surface area contributed by atoms with E-state index in [1.54, 1.807) is 48.7 Å². The summed E-state index contributed by atoms with van der Waals surface area (Å²) in [5.41, 5.74) is 3.20. The van der Waals surface area contributed by atoms with Gasteiger partial charge in [0.25, 0.3) is 5.91 Å². The molecule has 2 atom stereocenters. The molecular formula is C47H49ClF2N8O5. The first kappa shape index (κ1) is 48.7. The van der Waals surface area contributed by atoms with Crippen LogP contribution in [-0.2, 0) is 22.4 Å². The Morgan fingerprint density at radius 3 is 1.68 bits per heavy atom. The molecule has 328 valence electrons. The van der Waals surface area contributed by atoms with Gasteiger partial charge in [-0.1, -0.05) is 32.7 Å². The number of carbonyl (C=O) groups excluding carboxylic acids is 3. The van der Waals surface area contributed by atoms with Gasteiger partial charge in [-0.25, -0.2) is 33.5 Å². The number of nitrogens with zero attached hydrogens (tertiary/aromatic N) is 5. The minimum absolute atomic E-state index is 0. The van der Waals surface area contributed by atoms with Crippen LogP contribution in [-0.4, -0.2) is 79.8 Å². The molecular weight excluding hydrogens is 830 g/mol. The second kappa shape index (κ2) is 23.3. The molecule has 2 aliphatic rings. The number of carboxylic acids is 1. The summed E-state index contributed by atoms with van der Waals surface area (Å²) in [6, 6.07) is 22.4. The van der Waals surface area contributed by atoms with Crippen molar-refractivity contribution in [2.24, 2.45) is 11.8 Å². The first-order valence-corrected chi connectivity index (χ1v) is 19.6. The van der Waals surface area contributed by atoms with Crippen LogP contribution in [0.2, 0.25) is 0 Å². The number of carbonyl (C=O) groups is 4. The lowest BCUT2D eigenvalue weighted by atomic mass is 10.0. The quantitative estimate of drug-likeness (QED) is 0.0984. The predicted octanol–water partition coefficient (Wildman–Crippen LogP) is 8.09. The van der Waals surface area contributed by atoms with Gasteiger partial charge in [0.1, 0.15) is 23.3 Å². The van der Waals surface area contributed by atoms with Crippen LogP contribution in [0.4, 0.5) is 20.2 Å². The normalized spacial score (nSPS) is 15.0. The molecule has 2 saturated heterocycles.